The van der Waals surface area contributed by atoms with Gasteiger partial charge in [0.05, 0.1) is 24.0 Å². The largest absolute Gasteiger partial charge is 0.495 e. The van der Waals surface area contributed by atoms with E-state index in [4.69, 9.17) is 4.74 Å². The number of methoxy groups -OCH3 is 1. The minimum absolute atomic E-state index is 0.158. The van der Waals surface area contributed by atoms with Crippen LogP contribution in [0.25, 0.3) is 0 Å². The number of carbonyl (C=O) groups excluding carboxylic acids is 2. The highest BCUT2D eigenvalue weighted by Crippen LogP contribution is 2.31. The lowest BCUT2D eigenvalue weighted by molar-refractivity contribution is 0.0954. The maximum Gasteiger partial charge on any atom is 0.323 e. The summed E-state index contributed by atoms with van der Waals surface area (Å²) in [6.45, 7) is 5.33. The third-order valence-corrected chi connectivity index (χ3v) is 6.26. The number of benzene rings is 3. The molecule has 0 bridgehead atoms. The van der Waals surface area contributed by atoms with Crippen LogP contribution in [0.3, 0.4) is 0 Å². The highest BCUT2D eigenvalue weighted by Gasteiger charge is 2.24. The number of amides is 3. The molecule has 0 unspecified atom stereocenters. The van der Waals surface area contributed by atoms with Crippen LogP contribution in [0.2, 0.25) is 0 Å². The Morgan fingerprint density at radius 1 is 0.895 bits per heavy atom. The molecule has 0 aromatic heterocycles. The van der Waals surface area contributed by atoms with Crippen LogP contribution in [0.1, 0.15) is 23.7 Å². The zero-order valence-corrected chi connectivity index (χ0v) is 21.4. The Bertz CT molecular complexity index is 1300. The molecule has 0 aliphatic carbocycles. The number of para-hydroxylation sites is 2. The van der Waals surface area contributed by atoms with Crippen molar-refractivity contribution in [1.82, 2.24) is 5.32 Å². The minimum atomic E-state index is -0.887. The molecule has 4 rings (SSSR count). The van der Waals surface area contributed by atoms with Crippen molar-refractivity contribution in [2.24, 2.45) is 0 Å². The van der Waals surface area contributed by atoms with E-state index in [0.717, 1.165) is 48.8 Å². The molecule has 1 fully saturated rings. The van der Waals surface area contributed by atoms with Crippen molar-refractivity contribution in [1.29, 1.82) is 0 Å². The van der Waals surface area contributed by atoms with E-state index in [1.54, 1.807) is 25.3 Å². The fourth-order valence-corrected chi connectivity index (χ4v) is 4.36. The van der Waals surface area contributed by atoms with Gasteiger partial charge in [-0.2, -0.15) is 0 Å². The van der Waals surface area contributed by atoms with Crippen molar-refractivity contribution < 1.29 is 23.1 Å². The zero-order chi connectivity index (χ0) is 27.1. The molecule has 0 atom stereocenters. The molecule has 1 aliphatic heterocycles. The molecule has 1 aliphatic rings. The first-order valence-corrected chi connectivity index (χ1v) is 12.5. The van der Waals surface area contributed by atoms with Gasteiger partial charge >= 0.3 is 6.03 Å². The van der Waals surface area contributed by atoms with Crippen molar-refractivity contribution in [3.05, 3.63) is 77.9 Å². The third kappa shape index (κ3) is 6.31. The Morgan fingerprint density at radius 3 is 2.29 bits per heavy atom. The summed E-state index contributed by atoms with van der Waals surface area (Å²) >= 11 is 0. The molecular weight excluding hydrogens is 492 g/mol. The van der Waals surface area contributed by atoms with Gasteiger partial charge in [0.15, 0.2) is 0 Å². The lowest BCUT2D eigenvalue weighted by atomic mass is 10.1. The number of hydrogen-bond donors (Lipinski definition) is 3. The van der Waals surface area contributed by atoms with Gasteiger partial charge in [-0.15, -0.1) is 0 Å². The number of hydrogen-bond acceptors (Lipinski definition) is 5. The first-order chi connectivity index (χ1) is 18.4. The summed E-state index contributed by atoms with van der Waals surface area (Å²) in [5, 5.41) is 7.89. The SMILES string of the molecule is CCCNC(=O)c1cc(NC(=O)Nc2ccc(F)cc2F)ccc1N1CCN(c2ccccc2OC)CC1. The summed E-state index contributed by atoms with van der Waals surface area (Å²) < 4.78 is 32.6. The normalized spacial score (nSPS) is 13.2. The van der Waals surface area contributed by atoms with Gasteiger partial charge in [-0.1, -0.05) is 19.1 Å². The Morgan fingerprint density at radius 2 is 1.61 bits per heavy atom. The molecule has 10 heteroatoms. The number of halogens is 2. The van der Waals surface area contributed by atoms with E-state index in [1.807, 2.05) is 31.2 Å². The molecule has 200 valence electrons. The number of carbonyl (C=O) groups is 2. The van der Waals surface area contributed by atoms with Gasteiger partial charge in [-0.05, 0) is 48.9 Å². The second-order valence-electron chi connectivity index (χ2n) is 8.84. The lowest BCUT2D eigenvalue weighted by Crippen LogP contribution is -2.47. The van der Waals surface area contributed by atoms with Crippen molar-refractivity contribution in [2.45, 2.75) is 13.3 Å². The predicted octanol–water partition coefficient (Wildman–Crippen LogP) is 5.08. The van der Waals surface area contributed by atoms with Gasteiger partial charge in [0.1, 0.15) is 17.4 Å². The molecule has 38 heavy (non-hydrogen) atoms. The lowest BCUT2D eigenvalue weighted by Gasteiger charge is -2.38. The second kappa shape index (κ2) is 12.3. The molecule has 0 saturated carbocycles. The Labute approximate surface area is 220 Å². The van der Waals surface area contributed by atoms with E-state index in [2.05, 4.69) is 25.8 Å². The second-order valence-corrected chi connectivity index (χ2v) is 8.84. The number of nitrogens with one attached hydrogen (secondary N) is 3. The molecule has 3 N–H and O–H groups in total. The topological polar surface area (TPSA) is 85.9 Å². The number of ether oxygens (including phenoxy) is 1. The van der Waals surface area contributed by atoms with Crippen molar-refractivity contribution in [3.63, 3.8) is 0 Å². The number of piperazine rings is 1. The van der Waals surface area contributed by atoms with Crippen LogP contribution < -0.4 is 30.5 Å². The maximum absolute atomic E-state index is 13.9. The van der Waals surface area contributed by atoms with Crippen LogP contribution in [-0.2, 0) is 0 Å². The standard InChI is InChI=1S/C28H31F2N5O3/c1-3-12-31-27(36)21-18-20(32-28(37)33-23-10-8-19(29)17-22(23)30)9-11-24(21)34-13-15-35(16-14-34)25-6-4-5-7-26(25)38-2/h4-11,17-18H,3,12-16H2,1-2H3,(H,31,36)(H2,32,33,37). The molecule has 1 heterocycles. The van der Waals surface area contributed by atoms with Crippen molar-refractivity contribution >= 4 is 34.7 Å². The van der Waals surface area contributed by atoms with E-state index in [9.17, 15) is 18.4 Å². The summed E-state index contributed by atoms with van der Waals surface area (Å²) in [6, 6.07) is 15.1. The van der Waals surface area contributed by atoms with Crippen LogP contribution in [0.5, 0.6) is 5.75 Å². The molecule has 3 aromatic rings. The third-order valence-electron chi connectivity index (χ3n) is 6.26. The Balaban J connectivity index is 1.50. The van der Waals surface area contributed by atoms with Gasteiger partial charge in [-0.25, -0.2) is 13.6 Å². The van der Waals surface area contributed by atoms with Crippen LogP contribution in [0, 0.1) is 11.6 Å². The van der Waals surface area contributed by atoms with E-state index in [-0.39, 0.29) is 11.6 Å². The number of rotatable bonds is 8. The van der Waals surface area contributed by atoms with E-state index in [1.165, 1.54) is 0 Å². The predicted molar refractivity (Wildman–Crippen MR) is 145 cm³/mol. The maximum atomic E-state index is 13.9. The molecule has 3 amide bonds. The van der Waals surface area contributed by atoms with E-state index < -0.39 is 17.7 Å². The molecule has 1 saturated heterocycles. The van der Waals surface area contributed by atoms with Crippen LogP contribution in [-0.4, -0.2) is 51.8 Å². The average Bonchev–Trinajstić information content (AvgIpc) is 2.93. The van der Waals surface area contributed by atoms with Crippen LogP contribution >= 0.6 is 0 Å². The number of urea groups is 1. The molecular formula is C28H31F2N5O3. The quantitative estimate of drug-likeness (QED) is 0.383. The Kier molecular flexibility index (Phi) is 8.62. The smallest absolute Gasteiger partial charge is 0.323 e. The molecule has 3 aromatic carbocycles. The first-order valence-electron chi connectivity index (χ1n) is 12.5. The molecule has 0 radical (unpaired) electrons. The summed E-state index contributed by atoms with van der Waals surface area (Å²) in [5.41, 5.74) is 2.42. The fourth-order valence-electron chi connectivity index (χ4n) is 4.36. The van der Waals surface area contributed by atoms with Gasteiger partial charge in [-0.3, -0.25) is 4.79 Å². The van der Waals surface area contributed by atoms with Crippen molar-refractivity contribution in [3.8, 4) is 5.75 Å². The first kappa shape index (κ1) is 26.7. The monoisotopic (exact) mass is 523 g/mol. The van der Waals surface area contributed by atoms with Gasteiger partial charge < -0.3 is 30.5 Å². The van der Waals surface area contributed by atoms with E-state index in [0.29, 0.717) is 37.0 Å². The highest BCUT2D eigenvalue weighted by atomic mass is 19.1. The van der Waals surface area contributed by atoms with Crippen LogP contribution in [0.4, 0.5) is 36.3 Å². The average molecular weight is 524 g/mol. The Hall–Kier alpha value is -4.34. The van der Waals surface area contributed by atoms with E-state index >= 15 is 0 Å². The van der Waals surface area contributed by atoms with Crippen LogP contribution in [0.15, 0.2) is 60.7 Å². The minimum Gasteiger partial charge on any atom is -0.495 e. The van der Waals surface area contributed by atoms with Crippen molar-refractivity contribution in [2.75, 3.05) is 60.3 Å². The number of anilines is 4. The summed E-state index contributed by atoms with van der Waals surface area (Å²) in [6.07, 6.45) is 0.780. The van der Waals surface area contributed by atoms with Gasteiger partial charge in [0.2, 0.25) is 0 Å². The summed E-state index contributed by atoms with van der Waals surface area (Å²) in [4.78, 5) is 29.9. The van der Waals surface area contributed by atoms with Gasteiger partial charge in [0, 0.05) is 50.2 Å². The highest BCUT2D eigenvalue weighted by molar-refractivity contribution is 6.04. The summed E-state index contributed by atoms with van der Waals surface area (Å²) in [5.74, 6) is -1.06. The summed E-state index contributed by atoms with van der Waals surface area (Å²) in [7, 11) is 1.66. The zero-order valence-electron chi connectivity index (χ0n) is 21.4. The molecule has 8 nitrogen and oxygen atoms in total. The van der Waals surface area contributed by atoms with Gasteiger partial charge in [0.25, 0.3) is 5.91 Å². The molecule has 0 spiro atoms. The number of nitrogens with zero attached hydrogens (tertiary/aromatic N) is 2. The fraction of sp³-hybridized carbons (Fsp3) is 0.286.